The number of aromatic nitrogens is 2. The van der Waals surface area contributed by atoms with Crippen LogP contribution in [0.4, 0.5) is 5.69 Å². The Morgan fingerprint density at radius 3 is 2.25 bits per heavy atom. The van der Waals surface area contributed by atoms with Crippen LogP contribution in [0.25, 0.3) is 17.1 Å². The minimum Gasteiger partial charge on any atom is -0.296 e. The molecule has 1 aliphatic heterocycles. The lowest BCUT2D eigenvalue weighted by Gasteiger charge is -2.04. The van der Waals surface area contributed by atoms with Crippen LogP contribution in [0.3, 0.4) is 0 Å². The lowest BCUT2D eigenvalue weighted by Crippen LogP contribution is -2.22. The van der Waals surface area contributed by atoms with Gasteiger partial charge in [-0.3, -0.25) is 28.9 Å². The molecular formula is C14H12N4O4S2. The summed E-state index contributed by atoms with van der Waals surface area (Å²) in [6.45, 7) is 0. The fourth-order valence-electron chi connectivity index (χ4n) is 2.51. The first kappa shape index (κ1) is 16.4. The molecule has 1 amide bonds. The molecule has 2 aromatic rings. The third kappa shape index (κ3) is 2.34. The molecule has 2 heterocycles. The number of nitro groups is 1. The summed E-state index contributed by atoms with van der Waals surface area (Å²) in [6, 6.07) is 2.88. The quantitative estimate of drug-likeness (QED) is 0.348. The molecule has 0 N–H and O–H groups in total. The van der Waals surface area contributed by atoms with Crippen molar-refractivity contribution in [3.63, 3.8) is 0 Å². The van der Waals surface area contributed by atoms with E-state index in [2.05, 4.69) is 0 Å². The summed E-state index contributed by atoms with van der Waals surface area (Å²) in [4.78, 5) is 36.6. The Kier molecular flexibility index (Phi) is 3.80. The number of carbonyl (C=O) groups is 1. The van der Waals surface area contributed by atoms with Crippen LogP contribution in [0.1, 0.15) is 5.56 Å². The summed E-state index contributed by atoms with van der Waals surface area (Å²) in [5.41, 5.74) is 0.796. The van der Waals surface area contributed by atoms with Gasteiger partial charge in [0.2, 0.25) is 0 Å². The van der Waals surface area contributed by atoms with E-state index in [9.17, 15) is 19.7 Å². The van der Waals surface area contributed by atoms with Gasteiger partial charge >= 0.3 is 5.69 Å². The molecule has 124 valence electrons. The Morgan fingerprint density at radius 1 is 1.17 bits per heavy atom. The second kappa shape index (κ2) is 5.56. The van der Waals surface area contributed by atoms with Crippen LogP contribution >= 0.6 is 24.0 Å². The van der Waals surface area contributed by atoms with Crippen molar-refractivity contribution in [1.82, 2.24) is 14.0 Å². The average molecular weight is 364 g/mol. The van der Waals surface area contributed by atoms with E-state index >= 15 is 0 Å². The Morgan fingerprint density at radius 2 is 1.75 bits per heavy atom. The van der Waals surface area contributed by atoms with Crippen molar-refractivity contribution in [3.8, 4) is 0 Å². The second-order valence-corrected chi connectivity index (χ2v) is 6.97. The number of thioether (sulfide) groups is 1. The SMILES string of the molecule is CN1C(=O)C(=Cc2cc3c(cc2[N+](=O)[O-])n(C)c(=O)n3C)SC1=S. The fourth-order valence-corrected chi connectivity index (χ4v) is 3.68. The highest BCUT2D eigenvalue weighted by molar-refractivity contribution is 8.26. The van der Waals surface area contributed by atoms with Crippen LogP contribution < -0.4 is 5.69 Å². The maximum Gasteiger partial charge on any atom is 0.328 e. The molecule has 24 heavy (non-hydrogen) atoms. The maximum absolute atomic E-state index is 12.1. The summed E-state index contributed by atoms with van der Waals surface area (Å²) < 4.78 is 3.14. The Hall–Kier alpha value is -2.46. The molecule has 0 unspecified atom stereocenters. The van der Waals surface area contributed by atoms with Crippen molar-refractivity contribution in [2.24, 2.45) is 14.1 Å². The molecule has 1 aliphatic rings. The molecule has 0 saturated carbocycles. The number of thiocarbonyl (C=S) groups is 1. The predicted octanol–water partition coefficient (Wildman–Crippen LogP) is 1.62. The largest absolute Gasteiger partial charge is 0.328 e. The molecule has 3 rings (SSSR count). The van der Waals surface area contributed by atoms with Crippen LogP contribution in [-0.2, 0) is 18.9 Å². The molecule has 0 spiro atoms. The third-order valence-corrected chi connectivity index (χ3v) is 5.37. The molecule has 10 heteroatoms. The predicted molar refractivity (Wildman–Crippen MR) is 95.8 cm³/mol. The van der Waals surface area contributed by atoms with E-state index in [-0.39, 0.29) is 22.8 Å². The Labute approximate surface area is 145 Å². The molecule has 0 bridgehead atoms. The first-order chi connectivity index (χ1) is 11.2. The van der Waals surface area contributed by atoms with Crippen molar-refractivity contribution in [3.05, 3.63) is 43.2 Å². The highest BCUT2D eigenvalue weighted by Crippen LogP contribution is 2.34. The van der Waals surface area contributed by atoms with Gasteiger partial charge in [-0.15, -0.1) is 0 Å². The van der Waals surface area contributed by atoms with E-state index in [0.29, 0.717) is 20.3 Å². The monoisotopic (exact) mass is 364 g/mol. The molecule has 8 nitrogen and oxygen atoms in total. The molecule has 0 atom stereocenters. The molecule has 1 saturated heterocycles. The number of nitro benzene ring substituents is 1. The van der Waals surface area contributed by atoms with Crippen molar-refractivity contribution in [1.29, 1.82) is 0 Å². The number of hydrogen-bond donors (Lipinski definition) is 0. The number of benzene rings is 1. The minimum absolute atomic E-state index is 0.176. The number of rotatable bonds is 2. The maximum atomic E-state index is 12.1. The van der Waals surface area contributed by atoms with Crippen LogP contribution in [0, 0.1) is 10.1 Å². The van der Waals surface area contributed by atoms with Crippen molar-refractivity contribution in [2.75, 3.05) is 7.05 Å². The summed E-state index contributed by atoms with van der Waals surface area (Å²) in [5.74, 6) is -0.304. The number of fused-ring (bicyclic) bond motifs is 1. The summed E-state index contributed by atoms with van der Waals surface area (Å²) in [6.07, 6.45) is 1.44. The number of aryl methyl sites for hydroxylation is 2. The summed E-state index contributed by atoms with van der Waals surface area (Å²) >= 11 is 6.15. The van der Waals surface area contributed by atoms with E-state index in [1.54, 1.807) is 21.1 Å². The van der Waals surface area contributed by atoms with E-state index < -0.39 is 4.92 Å². The summed E-state index contributed by atoms with van der Waals surface area (Å²) in [7, 11) is 4.69. The first-order valence-electron chi connectivity index (χ1n) is 6.77. The number of hydrogen-bond acceptors (Lipinski definition) is 6. The van der Waals surface area contributed by atoms with Crippen LogP contribution in [-0.4, -0.2) is 36.2 Å². The lowest BCUT2D eigenvalue weighted by molar-refractivity contribution is -0.385. The van der Waals surface area contributed by atoms with Crippen LogP contribution in [0.2, 0.25) is 0 Å². The molecule has 0 radical (unpaired) electrons. The Bertz CT molecular complexity index is 1020. The van der Waals surface area contributed by atoms with Gasteiger partial charge in [-0.1, -0.05) is 24.0 Å². The zero-order valence-corrected chi connectivity index (χ0v) is 14.6. The van der Waals surface area contributed by atoms with Crippen molar-refractivity contribution in [2.45, 2.75) is 0 Å². The third-order valence-electron chi connectivity index (χ3n) is 3.89. The zero-order chi connectivity index (χ0) is 17.8. The zero-order valence-electron chi connectivity index (χ0n) is 13.0. The first-order valence-corrected chi connectivity index (χ1v) is 8.00. The lowest BCUT2D eigenvalue weighted by atomic mass is 10.1. The van der Waals surface area contributed by atoms with Crippen molar-refractivity contribution >= 4 is 57.0 Å². The number of nitrogens with zero attached hydrogens (tertiary/aromatic N) is 4. The minimum atomic E-state index is -0.532. The molecule has 1 fully saturated rings. The van der Waals surface area contributed by atoms with Gasteiger partial charge in [-0.05, 0) is 12.1 Å². The number of likely N-dealkylation sites (N-methyl/N-ethyl adjacent to an activating group) is 1. The second-order valence-electron chi connectivity index (χ2n) is 5.30. The summed E-state index contributed by atoms with van der Waals surface area (Å²) in [5, 5.41) is 11.4. The number of amides is 1. The van der Waals surface area contributed by atoms with Gasteiger partial charge in [0.15, 0.2) is 0 Å². The van der Waals surface area contributed by atoms with Gasteiger partial charge in [-0.25, -0.2) is 4.79 Å². The van der Waals surface area contributed by atoms with E-state index in [1.807, 2.05) is 0 Å². The average Bonchev–Trinajstić information content (AvgIpc) is 2.90. The standard InChI is InChI=1S/C14H12N4O4S2/c1-15-9-4-7(5-11-12(19)17(3)14(23)24-11)8(18(21)22)6-10(9)16(2)13(15)20/h4-6H,1-3H3. The van der Waals surface area contributed by atoms with Gasteiger partial charge in [0, 0.05) is 27.2 Å². The number of carbonyl (C=O) groups excluding carboxylic acids is 1. The van der Waals surface area contributed by atoms with E-state index in [1.165, 1.54) is 32.2 Å². The van der Waals surface area contributed by atoms with Crippen LogP contribution in [0.5, 0.6) is 0 Å². The van der Waals surface area contributed by atoms with E-state index in [4.69, 9.17) is 12.2 Å². The van der Waals surface area contributed by atoms with Crippen molar-refractivity contribution < 1.29 is 9.72 Å². The van der Waals surface area contributed by atoms with Gasteiger partial charge in [0.05, 0.1) is 26.4 Å². The Balaban J connectivity index is 2.28. The van der Waals surface area contributed by atoms with Gasteiger partial charge in [0.1, 0.15) is 4.32 Å². The van der Waals surface area contributed by atoms with Gasteiger partial charge in [-0.2, -0.15) is 0 Å². The van der Waals surface area contributed by atoms with E-state index in [0.717, 1.165) is 11.8 Å². The molecule has 0 aliphatic carbocycles. The van der Waals surface area contributed by atoms with Gasteiger partial charge < -0.3 is 0 Å². The topological polar surface area (TPSA) is 90.4 Å². The molecular weight excluding hydrogens is 352 g/mol. The normalized spacial score (nSPS) is 16.6. The molecule has 1 aromatic heterocycles. The van der Waals surface area contributed by atoms with Gasteiger partial charge in [0.25, 0.3) is 11.6 Å². The number of imidazole rings is 1. The highest BCUT2D eigenvalue weighted by Gasteiger charge is 2.30. The smallest absolute Gasteiger partial charge is 0.296 e. The fraction of sp³-hybridized carbons (Fsp3) is 0.214. The van der Waals surface area contributed by atoms with Crippen LogP contribution in [0.15, 0.2) is 21.8 Å². The highest BCUT2D eigenvalue weighted by atomic mass is 32.2. The molecule has 1 aromatic carbocycles.